The predicted octanol–water partition coefficient (Wildman–Crippen LogP) is 4.55. The molecular formula is C21H22FN3O2S. The largest absolute Gasteiger partial charge is 0.323 e. The Balaban J connectivity index is 1.85. The Hall–Kier alpha value is -2.67. The van der Waals surface area contributed by atoms with Crippen molar-refractivity contribution >= 4 is 34.3 Å². The molecule has 1 heterocycles. The summed E-state index contributed by atoms with van der Waals surface area (Å²) < 4.78 is 15.6. The number of benzene rings is 2. The van der Waals surface area contributed by atoms with E-state index in [9.17, 15) is 14.0 Å². The first-order valence-electron chi connectivity index (χ1n) is 9.10. The molecule has 0 spiro atoms. The lowest BCUT2D eigenvalue weighted by Gasteiger charge is -2.18. The van der Waals surface area contributed by atoms with Gasteiger partial charge in [0, 0.05) is 6.04 Å². The molecule has 1 aromatic heterocycles. The van der Waals surface area contributed by atoms with E-state index >= 15 is 0 Å². The van der Waals surface area contributed by atoms with Gasteiger partial charge in [-0.3, -0.25) is 14.2 Å². The van der Waals surface area contributed by atoms with Crippen LogP contribution >= 0.6 is 11.8 Å². The molecule has 28 heavy (non-hydrogen) atoms. The van der Waals surface area contributed by atoms with Crippen molar-refractivity contribution in [2.75, 3.05) is 11.1 Å². The number of amides is 1. The normalized spacial score (nSPS) is 12.1. The summed E-state index contributed by atoms with van der Waals surface area (Å²) in [6.07, 6.45) is 0.758. The van der Waals surface area contributed by atoms with Gasteiger partial charge >= 0.3 is 0 Å². The number of aryl methyl sites for hydroxylation is 1. The van der Waals surface area contributed by atoms with Crippen LogP contribution in [0.3, 0.4) is 0 Å². The summed E-state index contributed by atoms with van der Waals surface area (Å²) in [5, 5.41) is 3.61. The second kappa shape index (κ2) is 8.56. The van der Waals surface area contributed by atoms with Gasteiger partial charge in [-0.05, 0) is 50.1 Å². The third kappa shape index (κ3) is 4.25. The third-order valence-electron chi connectivity index (χ3n) is 4.54. The van der Waals surface area contributed by atoms with Crippen LogP contribution in [-0.2, 0) is 4.79 Å². The molecule has 1 atom stereocenters. The van der Waals surface area contributed by atoms with Gasteiger partial charge in [-0.2, -0.15) is 0 Å². The number of anilines is 1. The SMILES string of the molecule is CC[C@H](C)n1c(SCC(=O)Nc2ccc(C)cc2F)nc2ccccc2c1=O. The van der Waals surface area contributed by atoms with Gasteiger partial charge in [-0.1, -0.05) is 36.9 Å². The number of carbonyl (C=O) groups excluding carboxylic acids is 1. The average molecular weight is 399 g/mol. The van der Waals surface area contributed by atoms with Gasteiger partial charge in [0.15, 0.2) is 5.16 Å². The van der Waals surface area contributed by atoms with Crippen LogP contribution < -0.4 is 10.9 Å². The summed E-state index contributed by atoms with van der Waals surface area (Å²) >= 11 is 1.17. The Labute approximate surface area is 167 Å². The van der Waals surface area contributed by atoms with E-state index in [-0.39, 0.29) is 28.9 Å². The number of nitrogens with one attached hydrogen (secondary N) is 1. The van der Waals surface area contributed by atoms with Crippen LogP contribution in [0.5, 0.6) is 0 Å². The minimum Gasteiger partial charge on any atom is -0.323 e. The number of aromatic nitrogens is 2. The van der Waals surface area contributed by atoms with Crippen molar-refractivity contribution in [3.63, 3.8) is 0 Å². The van der Waals surface area contributed by atoms with Crippen LogP contribution in [0.15, 0.2) is 52.4 Å². The van der Waals surface area contributed by atoms with Crippen molar-refractivity contribution < 1.29 is 9.18 Å². The maximum absolute atomic E-state index is 13.9. The molecule has 0 radical (unpaired) electrons. The van der Waals surface area contributed by atoms with Crippen LogP contribution in [0.1, 0.15) is 31.9 Å². The summed E-state index contributed by atoms with van der Waals surface area (Å²) in [6, 6.07) is 11.8. The number of carbonyl (C=O) groups is 1. The number of fused-ring (bicyclic) bond motifs is 1. The molecule has 2 aromatic carbocycles. The quantitative estimate of drug-likeness (QED) is 0.488. The predicted molar refractivity (Wildman–Crippen MR) is 111 cm³/mol. The van der Waals surface area contributed by atoms with Gasteiger partial charge in [0.1, 0.15) is 5.82 Å². The summed E-state index contributed by atoms with van der Waals surface area (Å²) in [7, 11) is 0. The van der Waals surface area contributed by atoms with E-state index in [0.717, 1.165) is 12.0 Å². The lowest BCUT2D eigenvalue weighted by Crippen LogP contribution is -2.26. The number of thioether (sulfide) groups is 1. The van der Waals surface area contributed by atoms with Crippen molar-refractivity contribution in [1.29, 1.82) is 0 Å². The number of rotatable bonds is 6. The highest BCUT2D eigenvalue weighted by atomic mass is 32.2. The average Bonchev–Trinajstić information content (AvgIpc) is 2.68. The first-order valence-corrected chi connectivity index (χ1v) is 10.1. The zero-order valence-electron chi connectivity index (χ0n) is 16.0. The van der Waals surface area contributed by atoms with Crippen molar-refractivity contribution in [2.24, 2.45) is 0 Å². The Morgan fingerprint density at radius 2 is 2.04 bits per heavy atom. The van der Waals surface area contributed by atoms with E-state index < -0.39 is 5.82 Å². The molecule has 3 rings (SSSR count). The molecule has 0 bridgehead atoms. The van der Waals surface area contributed by atoms with E-state index in [1.165, 1.54) is 23.9 Å². The standard InChI is InChI=1S/C21H22FN3O2S/c1-4-14(3)25-20(27)15-7-5-6-8-17(15)24-21(25)28-12-19(26)23-18-10-9-13(2)11-16(18)22/h5-11,14H,4,12H2,1-3H3,(H,23,26)/t14-/m0/s1. The topological polar surface area (TPSA) is 64.0 Å². The van der Waals surface area contributed by atoms with Crippen LogP contribution in [0.25, 0.3) is 10.9 Å². The third-order valence-corrected chi connectivity index (χ3v) is 5.49. The number of nitrogens with zero attached hydrogens (tertiary/aromatic N) is 2. The Morgan fingerprint density at radius 1 is 1.29 bits per heavy atom. The van der Waals surface area contributed by atoms with Crippen LogP contribution in [0.2, 0.25) is 0 Å². The van der Waals surface area contributed by atoms with Crippen molar-refractivity contribution in [3.05, 3.63) is 64.2 Å². The minimum absolute atomic E-state index is 0.0224. The fraction of sp³-hybridized carbons (Fsp3) is 0.286. The Bertz CT molecular complexity index is 1080. The number of halogens is 1. The molecule has 0 saturated heterocycles. The maximum atomic E-state index is 13.9. The molecule has 3 aromatic rings. The molecule has 0 aliphatic rings. The molecule has 0 fully saturated rings. The summed E-state index contributed by atoms with van der Waals surface area (Å²) in [5.41, 5.74) is 1.40. The zero-order valence-corrected chi connectivity index (χ0v) is 16.8. The van der Waals surface area contributed by atoms with Gasteiger partial charge in [0.2, 0.25) is 5.91 Å². The molecule has 0 saturated carbocycles. The molecule has 0 unspecified atom stereocenters. The minimum atomic E-state index is -0.473. The van der Waals surface area contributed by atoms with E-state index in [0.29, 0.717) is 16.1 Å². The molecular weight excluding hydrogens is 377 g/mol. The Kier molecular flexibility index (Phi) is 6.14. The lowest BCUT2D eigenvalue weighted by molar-refractivity contribution is -0.113. The second-order valence-electron chi connectivity index (χ2n) is 6.66. The van der Waals surface area contributed by atoms with E-state index in [4.69, 9.17) is 0 Å². The number of hydrogen-bond acceptors (Lipinski definition) is 4. The highest BCUT2D eigenvalue weighted by molar-refractivity contribution is 7.99. The van der Waals surface area contributed by atoms with E-state index in [1.54, 1.807) is 29.7 Å². The first-order chi connectivity index (χ1) is 13.4. The van der Waals surface area contributed by atoms with Gasteiger partial charge in [0.05, 0.1) is 22.3 Å². The van der Waals surface area contributed by atoms with Crippen LogP contribution in [0, 0.1) is 12.7 Å². The molecule has 0 aliphatic heterocycles. The fourth-order valence-electron chi connectivity index (χ4n) is 2.84. The molecule has 1 N–H and O–H groups in total. The van der Waals surface area contributed by atoms with Crippen LogP contribution in [-0.4, -0.2) is 21.2 Å². The molecule has 7 heteroatoms. The maximum Gasteiger partial charge on any atom is 0.262 e. The molecule has 5 nitrogen and oxygen atoms in total. The zero-order chi connectivity index (χ0) is 20.3. The highest BCUT2D eigenvalue weighted by Crippen LogP contribution is 2.23. The van der Waals surface area contributed by atoms with Gasteiger partial charge < -0.3 is 5.32 Å². The van der Waals surface area contributed by atoms with Gasteiger partial charge in [-0.25, -0.2) is 9.37 Å². The van der Waals surface area contributed by atoms with Gasteiger partial charge in [-0.15, -0.1) is 0 Å². The monoisotopic (exact) mass is 399 g/mol. The van der Waals surface area contributed by atoms with E-state index in [1.807, 2.05) is 26.0 Å². The smallest absolute Gasteiger partial charge is 0.262 e. The van der Waals surface area contributed by atoms with Crippen molar-refractivity contribution in [1.82, 2.24) is 9.55 Å². The number of hydrogen-bond donors (Lipinski definition) is 1. The highest BCUT2D eigenvalue weighted by Gasteiger charge is 2.17. The molecule has 146 valence electrons. The Morgan fingerprint density at radius 3 is 2.75 bits per heavy atom. The van der Waals surface area contributed by atoms with Crippen molar-refractivity contribution in [3.8, 4) is 0 Å². The van der Waals surface area contributed by atoms with Crippen molar-refractivity contribution in [2.45, 2.75) is 38.4 Å². The first kappa shape index (κ1) is 20.1. The second-order valence-corrected chi connectivity index (χ2v) is 7.61. The fourth-order valence-corrected chi connectivity index (χ4v) is 3.73. The molecule has 0 aliphatic carbocycles. The van der Waals surface area contributed by atoms with Gasteiger partial charge in [0.25, 0.3) is 5.56 Å². The van der Waals surface area contributed by atoms with E-state index in [2.05, 4.69) is 10.3 Å². The summed E-state index contributed by atoms with van der Waals surface area (Å²) in [6.45, 7) is 5.72. The lowest BCUT2D eigenvalue weighted by atomic mass is 10.2. The summed E-state index contributed by atoms with van der Waals surface area (Å²) in [5.74, 6) is -0.807. The van der Waals surface area contributed by atoms with Crippen LogP contribution in [0.4, 0.5) is 10.1 Å². The molecule has 1 amide bonds. The number of para-hydroxylation sites is 1. The summed E-state index contributed by atoms with van der Waals surface area (Å²) in [4.78, 5) is 29.8.